The van der Waals surface area contributed by atoms with Crippen molar-refractivity contribution in [3.63, 3.8) is 0 Å². The number of carbonyl (C=O) groups is 1. The second-order valence-corrected chi connectivity index (χ2v) is 5.71. The molecule has 0 radical (unpaired) electrons. The van der Waals surface area contributed by atoms with E-state index >= 15 is 0 Å². The minimum Gasteiger partial charge on any atom is -0.409 e. The standard InChI is InChI=1S/C13H25N3O2/c1-4-9-5-7-10(8-6-9)15-12(17)13(2,3)11(14)16-18/h9-10,18H,4-8H2,1-3H3,(H2,14,16)(H,15,17). The summed E-state index contributed by atoms with van der Waals surface area (Å²) >= 11 is 0. The van der Waals surface area contributed by atoms with Gasteiger partial charge in [-0.25, -0.2) is 0 Å². The number of nitrogens with zero attached hydrogens (tertiary/aromatic N) is 1. The SMILES string of the molecule is CCC1CCC(NC(=O)C(C)(C)C(N)=NO)CC1. The smallest absolute Gasteiger partial charge is 0.233 e. The molecular weight excluding hydrogens is 230 g/mol. The van der Waals surface area contributed by atoms with Crippen LogP contribution in [0.2, 0.25) is 0 Å². The molecule has 0 aliphatic heterocycles. The van der Waals surface area contributed by atoms with Crippen molar-refractivity contribution < 1.29 is 10.0 Å². The van der Waals surface area contributed by atoms with Gasteiger partial charge in [0.2, 0.25) is 5.91 Å². The number of hydrogen-bond acceptors (Lipinski definition) is 3. The average Bonchev–Trinajstić information content (AvgIpc) is 2.38. The zero-order chi connectivity index (χ0) is 13.8. The van der Waals surface area contributed by atoms with E-state index in [0.717, 1.165) is 18.8 Å². The maximum Gasteiger partial charge on any atom is 0.233 e. The van der Waals surface area contributed by atoms with E-state index in [0.29, 0.717) is 0 Å². The summed E-state index contributed by atoms with van der Waals surface area (Å²) < 4.78 is 0. The van der Waals surface area contributed by atoms with Crippen LogP contribution in [0.4, 0.5) is 0 Å². The Hall–Kier alpha value is -1.26. The number of rotatable bonds is 4. The van der Waals surface area contributed by atoms with Gasteiger partial charge in [0.15, 0.2) is 5.84 Å². The van der Waals surface area contributed by atoms with Gasteiger partial charge < -0.3 is 16.3 Å². The lowest BCUT2D eigenvalue weighted by Crippen LogP contribution is -2.49. The molecule has 5 nitrogen and oxygen atoms in total. The van der Waals surface area contributed by atoms with Crippen molar-refractivity contribution in [2.75, 3.05) is 0 Å². The molecule has 1 fully saturated rings. The molecular formula is C13H25N3O2. The van der Waals surface area contributed by atoms with Crippen molar-refractivity contribution in [3.05, 3.63) is 0 Å². The molecule has 0 bridgehead atoms. The molecule has 1 rings (SSSR count). The van der Waals surface area contributed by atoms with Crippen LogP contribution in [0.5, 0.6) is 0 Å². The third kappa shape index (κ3) is 3.37. The van der Waals surface area contributed by atoms with E-state index in [1.165, 1.54) is 19.3 Å². The van der Waals surface area contributed by atoms with E-state index in [2.05, 4.69) is 17.4 Å². The van der Waals surface area contributed by atoms with Gasteiger partial charge in [-0.3, -0.25) is 4.79 Å². The Balaban J connectivity index is 2.51. The first kappa shape index (κ1) is 14.8. The highest BCUT2D eigenvalue weighted by Crippen LogP contribution is 2.27. The topological polar surface area (TPSA) is 87.7 Å². The highest BCUT2D eigenvalue weighted by atomic mass is 16.4. The van der Waals surface area contributed by atoms with Crippen LogP contribution in [-0.2, 0) is 4.79 Å². The first-order valence-corrected chi connectivity index (χ1v) is 6.70. The average molecular weight is 255 g/mol. The maximum absolute atomic E-state index is 12.1. The van der Waals surface area contributed by atoms with E-state index < -0.39 is 5.41 Å². The van der Waals surface area contributed by atoms with Gasteiger partial charge in [0, 0.05) is 6.04 Å². The highest BCUT2D eigenvalue weighted by molar-refractivity contribution is 6.05. The van der Waals surface area contributed by atoms with Gasteiger partial charge in [-0.2, -0.15) is 0 Å². The van der Waals surface area contributed by atoms with Crippen molar-refractivity contribution in [2.45, 2.75) is 58.9 Å². The largest absolute Gasteiger partial charge is 0.409 e. The molecule has 0 unspecified atom stereocenters. The Labute approximate surface area is 109 Å². The Bertz CT molecular complexity index is 318. The second-order valence-electron chi connectivity index (χ2n) is 5.71. The molecule has 18 heavy (non-hydrogen) atoms. The molecule has 0 atom stereocenters. The van der Waals surface area contributed by atoms with Crippen LogP contribution in [-0.4, -0.2) is 23.0 Å². The van der Waals surface area contributed by atoms with E-state index in [-0.39, 0.29) is 17.8 Å². The molecule has 0 aromatic carbocycles. The minimum absolute atomic E-state index is 0.0535. The number of oxime groups is 1. The molecule has 0 aromatic heterocycles. The molecule has 1 aliphatic carbocycles. The van der Waals surface area contributed by atoms with Crippen molar-refractivity contribution >= 4 is 11.7 Å². The van der Waals surface area contributed by atoms with E-state index in [1.807, 2.05) is 0 Å². The predicted molar refractivity (Wildman–Crippen MR) is 71.4 cm³/mol. The molecule has 1 saturated carbocycles. The maximum atomic E-state index is 12.1. The minimum atomic E-state index is -0.962. The van der Waals surface area contributed by atoms with Crippen LogP contribution in [0, 0.1) is 11.3 Å². The first-order chi connectivity index (χ1) is 8.41. The molecule has 4 N–H and O–H groups in total. The quantitative estimate of drug-likeness (QED) is 0.310. The van der Waals surface area contributed by atoms with Gasteiger partial charge in [0.1, 0.15) is 5.41 Å². The van der Waals surface area contributed by atoms with Crippen LogP contribution in [0.15, 0.2) is 5.16 Å². The fraction of sp³-hybridized carbons (Fsp3) is 0.846. The highest BCUT2D eigenvalue weighted by Gasteiger charge is 2.34. The zero-order valence-electron chi connectivity index (χ0n) is 11.6. The Kier molecular flexibility index (Phi) is 4.99. The van der Waals surface area contributed by atoms with Gasteiger partial charge >= 0.3 is 0 Å². The molecule has 0 aromatic rings. The van der Waals surface area contributed by atoms with Crippen LogP contribution in [0.3, 0.4) is 0 Å². The summed E-state index contributed by atoms with van der Waals surface area (Å²) in [5.41, 5.74) is 4.58. The predicted octanol–water partition coefficient (Wildman–Crippen LogP) is 1.84. The molecule has 5 heteroatoms. The number of carbonyl (C=O) groups excluding carboxylic acids is 1. The van der Waals surface area contributed by atoms with Crippen LogP contribution in [0.25, 0.3) is 0 Å². The van der Waals surface area contributed by atoms with Crippen molar-refractivity contribution in [3.8, 4) is 0 Å². The van der Waals surface area contributed by atoms with Gasteiger partial charge in [-0.1, -0.05) is 18.5 Å². The monoisotopic (exact) mass is 255 g/mol. The van der Waals surface area contributed by atoms with Gasteiger partial charge in [0.05, 0.1) is 0 Å². The lowest BCUT2D eigenvalue weighted by atomic mass is 9.83. The Morgan fingerprint density at radius 3 is 2.39 bits per heavy atom. The van der Waals surface area contributed by atoms with Gasteiger partial charge in [-0.05, 0) is 45.4 Å². The zero-order valence-corrected chi connectivity index (χ0v) is 11.6. The van der Waals surface area contributed by atoms with Crippen molar-refractivity contribution in [1.82, 2.24) is 5.32 Å². The third-order valence-electron chi connectivity index (χ3n) is 4.08. The Morgan fingerprint density at radius 2 is 1.94 bits per heavy atom. The van der Waals surface area contributed by atoms with E-state index in [4.69, 9.17) is 10.9 Å². The first-order valence-electron chi connectivity index (χ1n) is 6.70. The van der Waals surface area contributed by atoms with Gasteiger partial charge in [0.25, 0.3) is 0 Å². The summed E-state index contributed by atoms with van der Waals surface area (Å²) in [5.74, 6) is 0.579. The normalized spacial score (nSPS) is 25.8. The third-order valence-corrected chi connectivity index (χ3v) is 4.08. The van der Waals surface area contributed by atoms with Crippen LogP contribution in [0.1, 0.15) is 52.9 Å². The van der Waals surface area contributed by atoms with E-state index in [9.17, 15) is 4.79 Å². The van der Waals surface area contributed by atoms with Crippen LogP contribution < -0.4 is 11.1 Å². The summed E-state index contributed by atoms with van der Waals surface area (Å²) in [6.45, 7) is 5.54. The summed E-state index contributed by atoms with van der Waals surface area (Å²) in [5, 5.41) is 14.6. The van der Waals surface area contributed by atoms with E-state index in [1.54, 1.807) is 13.8 Å². The molecule has 1 amide bonds. The summed E-state index contributed by atoms with van der Waals surface area (Å²) in [6, 6.07) is 0.228. The Morgan fingerprint density at radius 1 is 1.39 bits per heavy atom. The summed E-state index contributed by atoms with van der Waals surface area (Å²) in [7, 11) is 0. The number of nitrogens with two attached hydrogens (primary N) is 1. The molecule has 0 spiro atoms. The lowest BCUT2D eigenvalue weighted by Gasteiger charge is -2.31. The lowest BCUT2D eigenvalue weighted by molar-refractivity contribution is -0.127. The summed E-state index contributed by atoms with van der Waals surface area (Å²) in [4.78, 5) is 12.1. The fourth-order valence-electron chi connectivity index (χ4n) is 2.32. The second kappa shape index (κ2) is 6.07. The summed E-state index contributed by atoms with van der Waals surface area (Å²) in [6.07, 6.45) is 5.61. The van der Waals surface area contributed by atoms with Gasteiger partial charge in [-0.15, -0.1) is 0 Å². The van der Waals surface area contributed by atoms with Crippen molar-refractivity contribution in [2.24, 2.45) is 22.2 Å². The molecule has 1 aliphatic rings. The molecule has 0 saturated heterocycles. The fourth-order valence-corrected chi connectivity index (χ4v) is 2.32. The molecule has 0 heterocycles. The number of nitrogens with one attached hydrogen (secondary N) is 1. The molecule has 104 valence electrons. The number of amides is 1. The number of amidine groups is 1. The van der Waals surface area contributed by atoms with Crippen LogP contribution >= 0.6 is 0 Å². The van der Waals surface area contributed by atoms with Crippen molar-refractivity contribution in [1.29, 1.82) is 0 Å². The number of hydrogen-bond donors (Lipinski definition) is 3.